The van der Waals surface area contributed by atoms with E-state index in [4.69, 9.17) is 16.3 Å². The van der Waals surface area contributed by atoms with Crippen molar-refractivity contribution in [1.29, 1.82) is 0 Å². The van der Waals surface area contributed by atoms with Crippen LogP contribution in [0.1, 0.15) is 60.8 Å². The fraction of sp³-hybridized carbons (Fsp3) is 0.269. The summed E-state index contributed by atoms with van der Waals surface area (Å²) < 4.78 is 5.78. The Morgan fingerprint density at radius 1 is 0.967 bits per heavy atom. The molecule has 1 N–H and O–H groups in total. The van der Waals surface area contributed by atoms with Crippen molar-refractivity contribution in [2.45, 2.75) is 45.8 Å². The van der Waals surface area contributed by atoms with Gasteiger partial charge >= 0.3 is 0 Å². The Balaban J connectivity index is 1.58. The molecule has 0 aliphatic heterocycles. The molecule has 0 fully saturated rings. The maximum absolute atomic E-state index is 12.6. The normalized spacial score (nSPS) is 12.3. The third kappa shape index (κ3) is 5.64. The quantitative estimate of drug-likeness (QED) is 0.480. The Morgan fingerprint density at radius 2 is 1.60 bits per heavy atom. The van der Waals surface area contributed by atoms with Crippen LogP contribution in [0.5, 0.6) is 5.75 Å². The molecule has 0 aromatic heterocycles. The molecule has 0 unspecified atom stereocenters. The standard InChI is InChI=1S/C26H28ClNO2/c1-18(19-9-13-22(14-10-19)26(2,3)4)28-25(29)20-11-15-23(16-12-20)30-17-21-7-5-6-8-24(21)27/h5-16,18H,17H2,1-4H3,(H,28,29)/t18-/m0/s1. The van der Waals surface area contributed by atoms with Gasteiger partial charge in [-0.1, -0.05) is 74.8 Å². The third-order valence-corrected chi connectivity index (χ3v) is 5.46. The van der Waals surface area contributed by atoms with Crippen molar-refractivity contribution in [2.75, 3.05) is 0 Å². The van der Waals surface area contributed by atoms with Gasteiger partial charge in [0.15, 0.2) is 0 Å². The van der Waals surface area contributed by atoms with Gasteiger partial charge in [-0.25, -0.2) is 0 Å². The van der Waals surface area contributed by atoms with Gasteiger partial charge in [-0.2, -0.15) is 0 Å². The SMILES string of the molecule is C[C@H](NC(=O)c1ccc(OCc2ccccc2Cl)cc1)c1ccc(C(C)(C)C)cc1. The predicted octanol–water partition coefficient (Wildman–Crippen LogP) is 6.71. The number of hydrogen-bond acceptors (Lipinski definition) is 2. The van der Waals surface area contributed by atoms with Gasteiger partial charge in [0, 0.05) is 16.1 Å². The molecule has 3 rings (SSSR count). The number of nitrogens with one attached hydrogen (secondary N) is 1. The molecule has 30 heavy (non-hydrogen) atoms. The summed E-state index contributed by atoms with van der Waals surface area (Å²) in [7, 11) is 0. The summed E-state index contributed by atoms with van der Waals surface area (Å²) in [5.74, 6) is 0.581. The zero-order chi connectivity index (χ0) is 21.7. The highest BCUT2D eigenvalue weighted by molar-refractivity contribution is 6.31. The third-order valence-electron chi connectivity index (χ3n) is 5.09. The van der Waals surface area contributed by atoms with Gasteiger partial charge in [-0.3, -0.25) is 4.79 Å². The zero-order valence-electron chi connectivity index (χ0n) is 17.9. The molecular formula is C26H28ClNO2. The number of rotatable bonds is 6. The number of amides is 1. The van der Waals surface area contributed by atoms with Crippen LogP contribution >= 0.6 is 11.6 Å². The molecule has 0 heterocycles. The minimum atomic E-state index is -0.111. The second-order valence-electron chi connectivity index (χ2n) is 8.47. The number of benzene rings is 3. The van der Waals surface area contributed by atoms with Gasteiger partial charge in [0.05, 0.1) is 6.04 Å². The summed E-state index contributed by atoms with van der Waals surface area (Å²) in [6.07, 6.45) is 0. The van der Waals surface area contributed by atoms with Crippen LogP contribution in [0, 0.1) is 0 Å². The summed E-state index contributed by atoms with van der Waals surface area (Å²) in [6, 6.07) is 23.1. The van der Waals surface area contributed by atoms with E-state index < -0.39 is 0 Å². The Kier molecular flexibility index (Phi) is 6.84. The lowest BCUT2D eigenvalue weighted by Gasteiger charge is -2.20. The van der Waals surface area contributed by atoms with Crippen molar-refractivity contribution in [1.82, 2.24) is 5.32 Å². The van der Waals surface area contributed by atoms with Crippen molar-refractivity contribution in [3.63, 3.8) is 0 Å². The van der Waals surface area contributed by atoms with E-state index in [1.54, 1.807) is 24.3 Å². The van der Waals surface area contributed by atoms with Crippen LogP contribution in [0.3, 0.4) is 0 Å². The summed E-state index contributed by atoms with van der Waals surface area (Å²) in [5.41, 5.74) is 3.99. The lowest BCUT2D eigenvalue weighted by Crippen LogP contribution is -2.26. The van der Waals surface area contributed by atoms with Gasteiger partial charge in [0.25, 0.3) is 5.91 Å². The molecule has 156 valence electrons. The Labute approximate surface area is 184 Å². The number of ether oxygens (including phenoxy) is 1. The van der Waals surface area contributed by atoms with Crippen LogP contribution in [-0.2, 0) is 12.0 Å². The minimum Gasteiger partial charge on any atom is -0.489 e. The monoisotopic (exact) mass is 421 g/mol. The lowest BCUT2D eigenvalue weighted by molar-refractivity contribution is 0.0940. The zero-order valence-corrected chi connectivity index (χ0v) is 18.7. The molecule has 0 saturated heterocycles. The average molecular weight is 422 g/mol. The highest BCUT2D eigenvalue weighted by Gasteiger charge is 2.15. The molecule has 3 aromatic rings. The lowest BCUT2D eigenvalue weighted by atomic mass is 9.86. The van der Waals surface area contributed by atoms with Crippen molar-refractivity contribution < 1.29 is 9.53 Å². The molecule has 0 radical (unpaired) electrons. The van der Waals surface area contributed by atoms with Crippen molar-refractivity contribution >= 4 is 17.5 Å². The second kappa shape index (κ2) is 9.36. The maximum Gasteiger partial charge on any atom is 0.251 e. The first-order valence-electron chi connectivity index (χ1n) is 10.1. The summed E-state index contributed by atoms with van der Waals surface area (Å²) >= 11 is 6.15. The van der Waals surface area contributed by atoms with E-state index in [9.17, 15) is 4.79 Å². The van der Waals surface area contributed by atoms with Gasteiger partial charge in [0.1, 0.15) is 12.4 Å². The smallest absolute Gasteiger partial charge is 0.251 e. The molecule has 4 heteroatoms. The number of hydrogen-bond donors (Lipinski definition) is 1. The van der Waals surface area contributed by atoms with Gasteiger partial charge in [-0.05, 0) is 53.8 Å². The van der Waals surface area contributed by atoms with Crippen molar-refractivity contribution in [2.24, 2.45) is 0 Å². The first-order valence-corrected chi connectivity index (χ1v) is 10.5. The molecule has 0 saturated carbocycles. The predicted molar refractivity (Wildman–Crippen MR) is 123 cm³/mol. The molecular weight excluding hydrogens is 394 g/mol. The van der Waals surface area contributed by atoms with Gasteiger partial charge in [-0.15, -0.1) is 0 Å². The number of carbonyl (C=O) groups is 1. The number of halogens is 1. The molecule has 0 aliphatic carbocycles. The van der Waals surface area contributed by atoms with Crippen LogP contribution in [0.4, 0.5) is 0 Å². The molecule has 1 amide bonds. The molecule has 0 aliphatic rings. The summed E-state index contributed by atoms with van der Waals surface area (Å²) in [4.78, 5) is 12.6. The summed E-state index contributed by atoms with van der Waals surface area (Å²) in [6.45, 7) is 8.94. The fourth-order valence-electron chi connectivity index (χ4n) is 3.11. The highest BCUT2D eigenvalue weighted by Crippen LogP contribution is 2.24. The van der Waals surface area contributed by atoms with E-state index in [-0.39, 0.29) is 17.4 Å². The van der Waals surface area contributed by atoms with Crippen LogP contribution in [0.25, 0.3) is 0 Å². The van der Waals surface area contributed by atoms with Gasteiger partial charge in [0.2, 0.25) is 0 Å². The minimum absolute atomic E-state index is 0.0809. The van der Waals surface area contributed by atoms with E-state index in [0.717, 1.165) is 11.1 Å². The highest BCUT2D eigenvalue weighted by atomic mass is 35.5. The van der Waals surface area contributed by atoms with Crippen LogP contribution in [0.2, 0.25) is 5.02 Å². The maximum atomic E-state index is 12.6. The van der Waals surface area contributed by atoms with E-state index in [1.165, 1.54) is 5.56 Å². The Hall–Kier alpha value is -2.78. The average Bonchev–Trinajstić information content (AvgIpc) is 2.73. The summed E-state index contributed by atoms with van der Waals surface area (Å²) in [5, 5.41) is 3.74. The first-order chi connectivity index (χ1) is 14.2. The molecule has 1 atom stereocenters. The second-order valence-corrected chi connectivity index (χ2v) is 8.88. The van der Waals surface area contributed by atoms with Crippen molar-refractivity contribution in [3.8, 4) is 5.75 Å². The Morgan fingerprint density at radius 3 is 2.20 bits per heavy atom. The van der Waals surface area contributed by atoms with E-state index in [2.05, 4.69) is 50.4 Å². The van der Waals surface area contributed by atoms with E-state index in [0.29, 0.717) is 22.9 Å². The largest absolute Gasteiger partial charge is 0.489 e. The van der Waals surface area contributed by atoms with Crippen molar-refractivity contribution in [3.05, 3.63) is 100 Å². The van der Waals surface area contributed by atoms with E-state index in [1.807, 2.05) is 31.2 Å². The van der Waals surface area contributed by atoms with Crippen LogP contribution in [-0.4, -0.2) is 5.91 Å². The van der Waals surface area contributed by atoms with E-state index >= 15 is 0 Å². The molecule has 0 spiro atoms. The topological polar surface area (TPSA) is 38.3 Å². The van der Waals surface area contributed by atoms with Crippen LogP contribution in [0.15, 0.2) is 72.8 Å². The molecule has 3 aromatic carbocycles. The van der Waals surface area contributed by atoms with Gasteiger partial charge < -0.3 is 10.1 Å². The molecule has 3 nitrogen and oxygen atoms in total. The van der Waals surface area contributed by atoms with Crippen LogP contribution < -0.4 is 10.1 Å². The number of carbonyl (C=O) groups excluding carboxylic acids is 1. The Bertz CT molecular complexity index is 989. The molecule has 0 bridgehead atoms. The first kappa shape index (κ1) is 21.9. The fourth-order valence-corrected chi connectivity index (χ4v) is 3.30.